The van der Waals surface area contributed by atoms with Gasteiger partial charge in [0.2, 0.25) is 0 Å². The molecule has 112 valence electrons. The van der Waals surface area contributed by atoms with E-state index in [0.29, 0.717) is 16.9 Å². The molecule has 0 aliphatic carbocycles. The molecule has 6 heteroatoms. The number of benzene rings is 1. The molecule has 2 heterocycles. The van der Waals surface area contributed by atoms with Crippen LogP contribution < -0.4 is 4.74 Å². The highest BCUT2D eigenvalue weighted by Gasteiger charge is 2.06. The van der Waals surface area contributed by atoms with E-state index in [1.807, 2.05) is 35.1 Å². The van der Waals surface area contributed by atoms with Gasteiger partial charge in [0.05, 0.1) is 19.9 Å². The molecule has 0 spiro atoms. The van der Waals surface area contributed by atoms with Crippen LogP contribution in [0.1, 0.15) is 5.56 Å². The minimum atomic E-state index is 0.366. The second kappa shape index (κ2) is 6.38. The fraction of sp³-hybridized carbons (Fsp3) is 0.125. The molecule has 1 aromatic carbocycles. The van der Waals surface area contributed by atoms with Crippen LogP contribution in [0.3, 0.4) is 0 Å². The molecule has 4 nitrogen and oxygen atoms in total. The molecule has 0 bridgehead atoms. The topological polar surface area (TPSA) is 39.9 Å². The number of methoxy groups -OCH3 is 1. The van der Waals surface area contributed by atoms with Crippen LogP contribution in [0.4, 0.5) is 0 Å². The maximum absolute atomic E-state index is 5.93. The highest BCUT2D eigenvalue weighted by Crippen LogP contribution is 2.24. The maximum Gasteiger partial charge on any atom is 0.131 e. The molecule has 0 aliphatic heterocycles. The van der Waals surface area contributed by atoms with E-state index in [1.165, 1.54) is 0 Å². The van der Waals surface area contributed by atoms with Gasteiger partial charge in [0.25, 0.3) is 0 Å². The van der Waals surface area contributed by atoms with E-state index >= 15 is 0 Å². The Labute approximate surface area is 138 Å². The Morgan fingerprint density at radius 3 is 2.36 bits per heavy atom. The summed E-state index contributed by atoms with van der Waals surface area (Å²) in [6.07, 6.45) is 3.73. The molecule has 0 fully saturated rings. The van der Waals surface area contributed by atoms with Crippen molar-refractivity contribution in [2.75, 3.05) is 7.11 Å². The van der Waals surface area contributed by atoms with Crippen molar-refractivity contribution in [1.82, 2.24) is 14.8 Å². The molecule has 0 saturated heterocycles. The van der Waals surface area contributed by atoms with Crippen LogP contribution in [0.15, 0.2) is 48.8 Å². The molecule has 3 rings (SSSR count). The first kappa shape index (κ1) is 14.9. The van der Waals surface area contributed by atoms with Crippen molar-refractivity contribution >= 4 is 23.2 Å². The summed E-state index contributed by atoms with van der Waals surface area (Å²) in [5.74, 6) is 0.839. The number of aromatic nitrogens is 3. The van der Waals surface area contributed by atoms with Crippen molar-refractivity contribution in [1.29, 1.82) is 0 Å². The Bertz CT molecular complexity index is 764. The summed E-state index contributed by atoms with van der Waals surface area (Å²) < 4.78 is 7.01. The summed E-state index contributed by atoms with van der Waals surface area (Å²) in [5, 5.41) is 5.10. The first-order valence-electron chi connectivity index (χ1n) is 6.63. The van der Waals surface area contributed by atoms with Crippen LogP contribution >= 0.6 is 23.2 Å². The van der Waals surface area contributed by atoms with Crippen LogP contribution in [0.25, 0.3) is 11.1 Å². The minimum absolute atomic E-state index is 0.366. The zero-order chi connectivity index (χ0) is 15.5. The summed E-state index contributed by atoms with van der Waals surface area (Å²) in [7, 11) is 1.65. The number of nitrogens with zero attached hydrogens (tertiary/aromatic N) is 3. The predicted molar refractivity (Wildman–Crippen MR) is 87.6 cm³/mol. The maximum atomic E-state index is 5.93. The monoisotopic (exact) mass is 333 g/mol. The van der Waals surface area contributed by atoms with Gasteiger partial charge in [0.15, 0.2) is 0 Å². The van der Waals surface area contributed by atoms with Crippen molar-refractivity contribution in [3.05, 3.63) is 64.7 Å². The third-order valence-corrected chi connectivity index (χ3v) is 3.62. The van der Waals surface area contributed by atoms with E-state index in [0.717, 1.165) is 22.4 Å². The van der Waals surface area contributed by atoms with E-state index in [2.05, 4.69) is 10.1 Å². The van der Waals surface area contributed by atoms with Gasteiger partial charge >= 0.3 is 0 Å². The summed E-state index contributed by atoms with van der Waals surface area (Å²) in [4.78, 5) is 3.94. The number of pyridine rings is 1. The van der Waals surface area contributed by atoms with Gasteiger partial charge in [0.1, 0.15) is 16.1 Å². The second-order valence-electron chi connectivity index (χ2n) is 4.78. The van der Waals surface area contributed by atoms with Crippen molar-refractivity contribution in [2.45, 2.75) is 6.54 Å². The van der Waals surface area contributed by atoms with Crippen molar-refractivity contribution in [3.8, 4) is 16.9 Å². The lowest BCUT2D eigenvalue weighted by Crippen LogP contribution is -1.99. The van der Waals surface area contributed by atoms with Crippen molar-refractivity contribution < 1.29 is 4.74 Å². The highest BCUT2D eigenvalue weighted by atomic mass is 35.5. The number of hydrogen-bond donors (Lipinski definition) is 0. The van der Waals surface area contributed by atoms with E-state index < -0.39 is 0 Å². The zero-order valence-corrected chi connectivity index (χ0v) is 13.3. The largest absolute Gasteiger partial charge is 0.497 e. The molecule has 0 radical (unpaired) electrons. The zero-order valence-electron chi connectivity index (χ0n) is 11.8. The third kappa shape index (κ3) is 3.40. The van der Waals surface area contributed by atoms with Gasteiger partial charge < -0.3 is 4.74 Å². The molecular formula is C16H13Cl2N3O. The Hall–Kier alpha value is -2.04. The molecule has 2 aromatic heterocycles. The fourth-order valence-corrected chi connectivity index (χ4v) is 2.61. The van der Waals surface area contributed by atoms with E-state index in [1.54, 1.807) is 25.4 Å². The molecule has 0 amide bonds. The average molecular weight is 334 g/mol. The predicted octanol–water partition coefficient (Wildman–Crippen LogP) is 4.31. The van der Waals surface area contributed by atoms with Gasteiger partial charge in [-0.3, -0.25) is 4.68 Å². The number of rotatable bonds is 4. The lowest BCUT2D eigenvalue weighted by molar-refractivity contribution is 0.414. The standard InChI is InChI=1S/C16H13Cl2N3O/c1-22-14-4-2-11(3-5-14)9-21-10-13(8-19-21)12-6-15(17)20-16(18)7-12/h2-8,10H,9H2,1H3. The van der Waals surface area contributed by atoms with Gasteiger partial charge in [-0.2, -0.15) is 5.10 Å². The molecule has 0 unspecified atom stereocenters. The van der Waals surface area contributed by atoms with Gasteiger partial charge in [-0.15, -0.1) is 0 Å². The smallest absolute Gasteiger partial charge is 0.131 e. The van der Waals surface area contributed by atoms with Gasteiger partial charge in [-0.25, -0.2) is 4.98 Å². The molecule has 22 heavy (non-hydrogen) atoms. The summed E-state index contributed by atoms with van der Waals surface area (Å²) in [5.41, 5.74) is 2.98. The quantitative estimate of drug-likeness (QED) is 0.668. The SMILES string of the molecule is COc1ccc(Cn2cc(-c3cc(Cl)nc(Cl)c3)cn2)cc1. The lowest BCUT2D eigenvalue weighted by Gasteiger charge is -2.04. The summed E-state index contributed by atoms with van der Waals surface area (Å²) in [6, 6.07) is 11.4. The molecule has 0 saturated carbocycles. The molecule has 0 N–H and O–H groups in total. The first-order chi connectivity index (χ1) is 10.6. The Morgan fingerprint density at radius 2 is 1.73 bits per heavy atom. The van der Waals surface area contributed by atoms with E-state index in [4.69, 9.17) is 27.9 Å². The Morgan fingerprint density at radius 1 is 1.05 bits per heavy atom. The lowest BCUT2D eigenvalue weighted by atomic mass is 10.1. The van der Waals surface area contributed by atoms with Crippen LogP contribution in [-0.2, 0) is 6.54 Å². The van der Waals surface area contributed by atoms with Gasteiger partial charge in [-0.1, -0.05) is 35.3 Å². The molecule has 0 atom stereocenters. The summed E-state index contributed by atoms with van der Waals surface area (Å²) in [6.45, 7) is 0.677. The number of ether oxygens (including phenoxy) is 1. The van der Waals surface area contributed by atoms with Crippen LogP contribution in [0, 0.1) is 0 Å². The van der Waals surface area contributed by atoms with Crippen LogP contribution in [0.5, 0.6) is 5.75 Å². The van der Waals surface area contributed by atoms with Crippen LogP contribution in [0.2, 0.25) is 10.3 Å². The van der Waals surface area contributed by atoms with Crippen molar-refractivity contribution in [2.24, 2.45) is 0 Å². The third-order valence-electron chi connectivity index (χ3n) is 3.23. The fourth-order valence-electron chi connectivity index (χ4n) is 2.15. The first-order valence-corrected chi connectivity index (χ1v) is 7.38. The normalized spacial score (nSPS) is 10.7. The van der Waals surface area contributed by atoms with E-state index in [-0.39, 0.29) is 0 Å². The van der Waals surface area contributed by atoms with E-state index in [9.17, 15) is 0 Å². The number of hydrogen-bond acceptors (Lipinski definition) is 3. The van der Waals surface area contributed by atoms with Gasteiger partial charge in [0, 0.05) is 11.8 Å². The van der Waals surface area contributed by atoms with Crippen molar-refractivity contribution in [3.63, 3.8) is 0 Å². The summed E-state index contributed by atoms with van der Waals surface area (Å²) >= 11 is 11.9. The highest BCUT2D eigenvalue weighted by molar-refractivity contribution is 6.32. The average Bonchev–Trinajstić information content (AvgIpc) is 2.96. The van der Waals surface area contributed by atoms with Gasteiger partial charge in [-0.05, 0) is 35.4 Å². The van der Waals surface area contributed by atoms with Crippen LogP contribution in [-0.4, -0.2) is 21.9 Å². The Kier molecular flexibility index (Phi) is 4.32. The minimum Gasteiger partial charge on any atom is -0.497 e. The molecule has 0 aliphatic rings. The second-order valence-corrected chi connectivity index (χ2v) is 5.55. The molecule has 3 aromatic rings. The Balaban J connectivity index is 1.80. The number of halogens is 2. The molecular weight excluding hydrogens is 321 g/mol.